The minimum Gasteiger partial charge on any atom is -0.494 e. The molecule has 1 aromatic carbocycles. The number of benzene rings is 1. The fraction of sp³-hybridized carbons (Fsp3) is 0.310. The topological polar surface area (TPSA) is 71.5 Å². The lowest BCUT2D eigenvalue weighted by Gasteiger charge is -2.12. The van der Waals surface area contributed by atoms with Gasteiger partial charge in [0.15, 0.2) is 16.7 Å². The zero-order valence-corrected chi connectivity index (χ0v) is 23.6. The summed E-state index contributed by atoms with van der Waals surface area (Å²) in [5.41, 5.74) is 3.79. The molecule has 0 spiro atoms. The fourth-order valence-electron chi connectivity index (χ4n) is 3.75. The van der Waals surface area contributed by atoms with E-state index < -0.39 is 11.8 Å². The van der Waals surface area contributed by atoms with Crippen LogP contribution in [0.2, 0.25) is 0 Å². The maximum atomic E-state index is 14.5. The number of ether oxygens (including phenoxy) is 1. The number of hydrogen-bond donors (Lipinski definition) is 2. The van der Waals surface area contributed by atoms with Gasteiger partial charge in [0.1, 0.15) is 0 Å². The van der Waals surface area contributed by atoms with Gasteiger partial charge in [-0.25, -0.2) is 14.2 Å². The Kier molecular flexibility index (Phi) is 9.83. The minimum absolute atomic E-state index is 0.173. The number of methoxy groups -OCH3 is 1. The highest BCUT2D eigenvalue weighted by molar-refractivity contribution is 7.16. The number of nitrogens with zero attached hydrogens (tertiary/aromatic N) is 1. The minimum atomic E-state index is -1.00. The smallest absolute Gasteiger partial charge is 0.337 e. The van der Waals surface area contributed by atoms with Gasteiger partial charge in [-0.3, -0.25) is 0 Å². The van der Waals surface area contributed by atoms with E-state index in [0.717, 1.165) is 27.3 Å². The molecule has 2 N–H and O–H groups in total. The highest BCUT2D eigenvalue weighted by atomic mass is 32.1. The molecule has 0 saturated carbocycles. The summed E-state index contributed by atoms with van der Waals surface area (Å²) < 4.78 is 19.6. The lowest BCUT2D eigenvalue weighted by Crippen LogP contribution is -2.12. The normalized spacial score (nSPS) is 13.1. The number of halogens is 1. The standard InChI is InChI=1S/C29H33FN2O3S2/c1-7-18(4)26(28(33)34)22(12-10-19(5)24-9-8-14-36-24)31-29-32-27(25(37-29)15-17(2)3)20-11-13-23(35-6)21(30)16-20/h8-14,16-17H,7,15H2,1-6H3,(H,31,32)(H,33,34)/b19-10+,22-12+,26-18?. The van der Waals surface area contributed by atoms with E-state index in [-0.39, 0.29) is 11.3 Å². The molecule has 196 valence electrons. The predicted octanol–water partition coefficient (Wildman–Crippen LogP) is 8.43. The van der Waals surface area contributed by atoms with Crippen molar-refractivity contribution in [1.29, 1.82) is 0 Å². The number of aliphatic carboxylic acids is 1. The zero-order chi connectivity index (χ0) is 27.1. The second-order valence-electron chi connectivity index (χ2n) is 9.08. The summed E-state index contributed by atoms with van der Waals surface area (Å²) in [7, 11) is 1.43. The van der Waals surface area contributed by atoms with Gasteiger partial charge in [0.25, 0.3) is 0 Å². The van der Waals surface area contributed by atoms with Gasteiger partial charge < -0.3 is 15.2 Å². The number of carboxylic acids is 1. The van der Waals surface area contributed by atoms with Crippen LogP contribution < -0.4 is 10.1 Å². The third kappa shape index (κ3) is 7.17. The third-order valence-corrected chi connectivity index (χ3v) is 7.81. The van der Waals surface area contributed by atoms with Crippen molar-refractivity contribution < 1.29 is 19.0 Å². The molecule has 0 aliphatic heterocycles. The average molecular weight is 541 g/mol. The van der Waals surface area contributed by atoms with E-state index in [1.165, 1.54) is 24.5 Å². The van der Waals surface area contributed by atoms with Crippen LogP contribution in [-0.4, -0.2) is 23.2 Å². The molecule has 0 atom stereocenters. The number of thiazole rings is 1. The second-order valence-corrected chi connectivity index (χ2v) is 11.1. The van der Waals surface area contributed by atoms with Gasteiger partial charge in [0.05, 0.1) is 24.1 Å². The molecule has 3 rings (SSSR count). The van der Waals surface area contributed by atoms with E-state index in [4.69, 9.17) is 9.72 Å². The van der Waals surface area contributed by atoms with E-state index in [9.17, 15) is 14.3 Å². The second kappa shape index (κ2) is 12.8. The Labute approximate surface area is 226 Å². The summed E-state index contributed by atoms with van der Waals surface area (Å²) >= 11 is 3.08. The van der Waals surface area contributed by atoms with Crippen molar-refractivity contribution >= 4 is 39.3 Å². The van der Waals surface area contributed by atoms with E-state index in [0.29, 0.717) is 34.4 Å². The maximum Gasteiger partial charge on any atom is 0.337 e. The number of rotatable bonds is 11. The number of nitrogens with one attached hydrogen (secondary N) is 1. The van der Waals surface area contributed by atoms with Gasteiger partial charge in [-0.15, -0.1) is 22.7 Å². The van der Waals surface area contributed by atoms with Crippen LogP contribution in [0.3, 0.4) is 0 Å². The Balaban J connectivity index is 2.10. The number of hydrogen-bond acceptors (Lipinski definition) is 6. The summed E-state index contributed by atoms with van der Waals surface area (Å²) in [5, 5.41) is 15.9. The van der Waals surface area contributed by atoms with Crippen LogP contribution in [0, 0.1) is 11.7 Å². The lowest BCUT2D eigenvalue weighted by atomic mass is 10.0. The molecular weight excluding hydrogens is 507 g/mol. The Morgan fingerprint density at radius 3 is 2.57 bits per heavy atom. The summed E-state index contributed by atoms with van der Waals surface area (Å²) in [5.74, 6) is -0.926. The van der Waals surface area contributed by atoms with Crippen molar-refractivity contribution in [3.8, 4) is 17.0 Å². The molecule has 37 heavy (non-hydrogen) atoms. The molecule has 0 saturated heterocycles. The van der Waals surface area contributed by atoms with Gasteiger partial charge in [0, 0.05) is 15.3 Å². The highest BCUT2D eigenvalue weighted by Gasteiger charge is 2.21. The molecule has 0 aliphatic rings. The van der Waals surface area contributed by atoms with Gasteiger partial charge in [-0.1, -0.05) is 38.5 Å². The van der Waals surface area contributed by atoms with Gasteiger partial charge in [-0.2, -0.15) is 0 Å². The van der Waals surface area contributed by atoms with Crippen molar-refractivity contribution in [3.05, 3.63) is 80.3 Å². The lowest BCUT2D eigenvalue weighted by molar-refractivity contribution is -0.132. The number of allylic oxidation sites excluding steroid dienone is 4. The average Bonchev–Trinajstić information content (AvgIpc) is 3.52. The Hall–Kier alpha value is -3.23. The Morgan fingerprint density at radius 1 is 1.24 bits per heavy atom. The molecule has 0 fully saturated rings. The third-order valence-electron chi connectivity index (χ3n) is 5.81. The van der Waals surface area contributed by atoms with Crippen molar-refractivity contribution in [3.63, 3.8) is 0 Å². The molecular formula is C29H33FN2O3S2. The molecule has 0 amide bonds. The number of aromatic nitrogens is 1. The maximum absolute atomic E-state index is 14.5. The summed E-state index contributed by atoms with van der Waals surface area (Å²) in [4.78, 5) is 19.2. The quantitative estimate of drug-likeness (QED) is 0.189. The molecule has 5 nitrogen and oxygen atoms in total. The van der Waals surface area contributed by atoms with Crippen LogP contribution >= 0.6 is 22.7 Å². The summed E-state index contributed by atoms with van der Waals surface area (Å²) in [6, 6.07) is 8.82. The van der Waals surface area contributed by atoms with Crippen LogP contribution in [0.5, 0.6) is 5.75 Å². The van der Waals surface area contributed by atoms with Crippen LogP contribution in [0.25, 0.3) is 16.8 Å². The van der Waals surface area contributed by atoms with E-state index in [2.05, 4.69) is 19.2 Å². The van der Waals surface area contributed by atoms with Crippen molar-refractivity contribution in [2.75, 3.05) is 12.4 Å². The number of carbonyl (C=O) groups is 1. The van der Waals surface area contributed by atoms with Crippen LogP contribution in [-0.2, 0) is 11.2 Å². The van der Waals surface area contributed by atoms with Crippen molar-refractivity contribution in [2.45, 2.75) is 47.5 Å². The van der Waals surface area contributed by atoms with Gasteiger partial charge >= 0.3 is 5.97 Å². The summed E-state index contributed by atoms with van der Waals surface area (Å²) in [6.07, 6.45) is 5.08. The molecule has 0 radical (unpaired) electrons. The number of thiophene rings is 1. The van der Waals surface area contributed by atoms with Crippen molar-refractivity contribution in [1.82, 2.24) is 4.98 Å². The highest BCUT2D eigenvalue weighted by Crippen LogP contribution is 2.36. The first-order chi connectivity index (χ1) is 17.6. The van der Waals surface area contributed by atoms with Gasteiger partial charge in [-0.05, 0) is 73.9 Å². The molecule has 0 aliphatic carbocycles. The molecule has 2 heterocycles. The molecule has 0 bridgehead atoms. The van der Waals surface area contributed by atoms with Crippen LogP contribution in [0.15, 0.2) is 64.7 Å². The van der Waals surface area contributed by atoms with Crippen molar-refractivity contribution in [2.24, 2.45) is 5.92 Å². The Bertz CT molecular complexity index is 1340. The summed E-state index contributed by atoms with van der Waals surface area (Å²) in [6.45, 7) is 9.99. The predicted molar refractivity (Wildman–Crippen MR) is 153 cm³/mol. The molecule has 0 unspecified atom stereocenters. The monoisotopic (exact) mass is 540 g/mol. The first-order valence-corrected chi connectivity index (χ1v) is 13.8. The SMILES string of the molecule is CCC(C)=C(C(=O)O)/C(=C\C=C(/C)c1cccs1)Nc1nc(-c2ccc(OC)c(F)c2)c(CC(C)C)s1. The molecule has 2 aromatic heterocycles. The molecule has 3 aromatic rings. The molecule has 8 heteroatoms. The van der Waals surface area contributed by atoms with E-state index >= 15 is 0 Å². The van der Waals surface area contributed by atoms with E-state index in [1.807, 2.05) is 44.4 Å². The van der Waals surface area contributed by atoms with Crippen LogP contribution in [0.1, 0.15) is 50.8 Å². The Morgan fingerprint density at radius 2 is 2.00 bits per heavy atom. The largest absolute Gasteiger partial charge is 0.494 e. The fourth-order valence-corrected chi connectivity index (χ4v) is 5.68. The number of anilines is 1. The number of carboxylic acid groups (broad SMARTS) is 1. The first kappa shape index (κ1) is 28.3. The first-order valence-electron chi connectivity index (χ1n) is 12.1. The zero-order valence-electron chi connectivity index (χ0n) is 22.0. The van der Waals surface area contributed by atoms with Gasteiger partial charge in [0.2, 0.25) is 0 Å². The van der Waals surface area contributed by atoms with Crippen LogP contribution in [0.4, 0.5) is 9.52 Å². The van der Waals surface area contributed by atoms with E-state index in [1.54, 1.807) is 29.5 Å².